The van der Waals surface area contributed by atoms with Gasteiger partial charge in [-0.15, -0.1) is 0 Å². The van der Waals surface area contributed by atoms with E-state index in [0.717, 1.165) is 10.9 Å². The van der Waals surface area contributed by atoms with Crippen molar-refractivity contribution in [1.82, 2.24) is 0 Å². The van der Waals surface area contributed by atoms with Gasteiger partial charge in [0.2, 0.25) is 6.29 Å². The second kappa shape index (κ2) is 5.69. The van der Waals surface area contributed by atoms with Crippen molar-refractivity contribution >= 4 is 11.0 Å². The Labute approximate surface area is 125 Å². The number of rotatable bonds is 3. The van der Waals surface area contributed by atoms with E-state index in [1.165, 1.54) is 12.1 Å². The van der Waals surface area contributed by atoms with Crippen LogP contribution >= 0.6 is 0 Å². The van der Waals surface area contributed by atoms with Crippen molar-refractivity contribution in [3.8, 4) is 5.75 Å². The zero-order chi connectivity index (χ0) is 15.9. The number of hydrogen-bond acceptors (Lipinski definition) is 7. The Kier molecular flexibility index (Phi) is 3.88. The number of ether oxygens (including phenoxy) is 2. The van der Waals surface area contributed by atoms with E-state index in [1.807, 2.05) is 0 Å². The van der Waals surface area contributed by atoms with Gasteiger partial charge in [0.05, 0.1) is 6.61 Å². The topological polar surface area (TPSA) is 109 Å². The highest BCUT2D eigenvalue weighted by Gasteiger charge is 2.43. The van der Waals surface area contributed by atoms with Gasteiger partial charge in [-0.05, 0) is 24.6 Å². The van der Waals surface area contributed by atoms with Crippen LogP contribution in [-0.4, -0.2) is 46.5 Å². The molecule has 0 spiro atoms. The van der Waals surface area contributed by atoms with Gasteiger partial charge < -0.3 is 29.2 Å². The average Bonchev–Trinajstić information content (AvgIpc) is 2.74. The monoisotopic (exact) mass is 308 g/mol. The summed E-state index contributed by atoms with van der Waals surface area (Å²) >= 11 is 0. The van der Waals surface area contributed by atoms with E-state index < -0.39 is 36.8 Å². The summed E-state index contributed by atoms with van der Waals surface area (Å²) in [5, 5.41) is 29.3. The molecule has 3 rings (SSSR count). The Bertz CT molecular complexity index is 738. The molecule has 3 N–H and O–H groups in total. The van der Waals surface area contributed by atoms with Crippen LogP contribution in [0.5, 0.6) is 5.75 Å². The molecular weight excluding hydrogens is 292 g/mol. The van der Waals surface area contributed by atoms with E-state index in [0.29, 0.717) is 11.3 Å². The molecule has 0 saturated carbocycles. The molecule has 1 aromatic heterocycles. The number of hydrogen-bond donors (Lipinski definition) is 3. The lowest BCUT2D eigenvalue weighted by Gasteiger charge is -2.17. The zero-order valence-electron chi connectivity index (χ0n) is 11.8. The molecule has 1 unspecified atom stereocenters. The van der Waals surface area contributed by atoms with Gasteiger partial charge in [-0.2, -0.15) is 0 Å². The molecule has 7 heteroatoms. The molecule has 4 atom stereocenters. The van der Waals surface area contributed by atoms with Crippen LogP contribution in [0, 0.1) is 6.92 Å². The highest BCUT2D eigenvalue weighted by Crippen LogP contribution is 2.27. The third-order valence-electron chi connectivity index (χ3n) is 3.67. The smallest absolute Gasteiger partial charge is 0.336 e. The Morgan fingerprint density at radius 2 is 2.00 bits per heavy atom. The molecule has 1 aliphatic heterocycles. The molecule has 2 aromatic rings. The Morgan fingerprint density at radius 3 is 2.68 bits per heavy atom. The maximum atomic E-state index is 11.4. The van der Waals surface area contributed by atoms with Gasteiger partial charge in [0.25, 0.3) is 0 Å². The summed E-state index contributed by atoms with van der Waals surface area (Å²) in [5.41, 5.74) is 0.676. The van der Waals surface area contributed by atoms with Gasteiger partial charge in [-0.1, -0.05) is 0 Å². The van der Waals surface area contributed by atoms with Crippen LogP contribution < -0.4 is 10.4 Å². The lowest BCUT2D eigenvalue weighted by molar-refractivity contribution is -0.116. The summed E-state index contributed by atoms with van der Waals surface area (Å²) in [5.74, 6) is 0.316. The third-order valence-corrected chi connectivity index (χ3v) is 3.67. The average molecular weight is 308 g/mol. The Balaban J connectivity index is 1.87. The van der Waals surface area contributed by atoms with Crippen LogP contribution in [0.25, 0.3) is 11.0 Å². The second-order valence-electron chi connectivity index (χ2n) is 5.23. The fourth-order valence-electron chi connectivity index (χ4n) is 2.48. The summed E-state index contributed by atoms with van der Waals surface area (Å²) < 4.78 is 15.8. The van der Waals surface area contributed by atoms with Crippen LogP contribution in [0.1, 0.15) is 5.56 Å². The molecule has 1 saturated heterocycles. The molecule has 0 amide bonds. The van der Waals surface area contributed by atoms with E-state index in [2.05, 4.69) is 0 Å². The molecule has 22 heavy (non-hydrogen) atoms. The van der Waals surface area contributed by atoms with Crippen molar-refractivity contribution in [2.75, 3.05) is 6.61 Å². The number of aryl methyl sites for hydroxylation is 1. The molecule has 118 valence electrons. The quantitative estimate of drug-likeness (QED) is 0.680. The second-order valence-corrected chi connectivity index (χ2v) is 5.23. The SMILES string of the molecule is Cc1cc(=O)oc2cc(O[C@@H]3O[C@@H](CO)C(O)[C@@H]3O)ccc12. The van der Waals surface area contributed by atoms with Gasteiger partial charge >= 0.3 is 5.63 Å². The summed E-state index contributed by atoms with van der Waals surface area (Å²) in [6.45, 7) is 1.37. The largest absolute Gasteiger partial charge is 0.462 e. The highest BCUT2D eigenvalue weighted by atomic mass is 16.7. The molecule has 2 heterocycles. The number of benzene rings is 1. The first-order chi connectivity index (χ1) is 10.5. The molecule has 0 radical (unpaired) electrons. The minimum absolute atomic E-state index is 0.316. The highest BCUT2D eigenvalue weighted by molar-refractivity contribution is 5.81. The van der Waals surface area contributed by atoms with Gasteiger partial charge in [-0.25, -0.2) is 4.79 Å². The standard InChI is InChI=1S/C15H16O7/c1-7-4-12(17)21-10-5-8(2-3-9(7)10)20-15-14(19)13(18)11(6-16)22-15/h2-5,11,13-16,18-19H,6H2,1H3/t11-,13?,14-,15+/m0/s1. The van der Waals surface area contributed by atoms with Crippen molar-refractivity contribution in [3.63, 3.8) is 0 Å². The molecule has 7 nitrogen and oxygen atoms in total. The molecule has 1 aliphatic rings. The van der Waals surface area contributed by atoms with Crippen molar-refractivity contribution in [2.45, 2.75) is 31.5 Å². The van der Waals surface area contributed by atoms with Gasteiger partial charge in [0, 0.05) is 17.5 Å². The molecule has 1 aromatic carbocycles. The van der Waals surface area contributed by atoms with Crippen molar-refractivity contribution in [3.05, 3.63) is 40.2 Å². The van der Waals surface area contributed by atoms with E-state index in [9.17, 15) is 15.0 Å². The molecule has 1 fully saturated rings. The minimum Gasteiger partial charge on any atom is -0.462 e. The zero-order valence-corrected chi connectivity index (χ0v) is 11.8. The van der Waals surface area contributed by atoms with Crippen LogP contribution in [0.2, 0.25) is 0 Å². The van der Waals surface area contributed by atoms with Crippen molar-refractivity contribution in [2.24, 2.45) is 0 Å². The molecule has 0 bridgehead atoms. The molecule has 0 aliphatic carbocycles. The van der Waals surface area contributed by atoms with Crippen LogP contribution in [0.4, 0.5) is 0 Å². The van der Waals surface area contributed by atoms with Crippen LogP contribution in [-0.2, 0) is 4.74 Å². The van der Waals surface area contributed by atoms with Crippen molar-refractivity contribution in [1.29, 1.82) is 0 Å². The minimum atomic E-state index is -1.28. The molecular formula is C15H16O7. The fourth-order valence-corrected chi connectivity index (χ4v) is 2.48. The first-order valence-corrected chi connectivity index (χ1v) is 6.83. The summed E-state index contributed by atoms with van der Waals surface area (Å²) in [7, 11) is 0. The number of aliphatic hydroxyl groups is 3. The maximum Gasteiger partial charge on any atom is 0.336 e. The maximum absolute atomic E-state index is 11.4. The van der Waals surface area contributed by atoms with E-state index in [4.69, 9.17) is 19.0 Å². The van der Waals surface area contributed by atoms with Gasteiger partial charge in [-0.3, -0.25) is 0 Å². The van der Waals surface area contributed by atoms with Crippen LogP contribution in [0.15, 0.2) is 33.5 Å². The first-order valence-electron chi connectivity index (χ1n) is 6.83. The van der Waals surface area contributed by atoms with Crippen LogP contribution in [0.3, 0.4) is 0 Å². The van der Waals surface area contributed by atoms with E-state index >= 15 is 0 Å². The number of fused-ring (bicyclic) bond motifs is 1. The van der Waals surface area contributed by atoms with E-state index in [-0.39, 0.29) is 0 Å². The normalized spacial score (nSPS) is 28.2. The predicted molar refractivity (Wildman–Crippen MR) is 75.6 cm³/mol. The summed E-state index contributed by atoms with van der Waals surface area (Å²) in [6.07, 6.45) is -4.52. The Morgan fingerprint density at radius 1 is 1.23 bits per heavy atom. The number of aliphatic hydroxyl groups excluding tert-OH is 3. The fraction of sp³-hybridized carbons (Fsp3) is 0.400. The van der Waals surface area contributed by atoms with Gasteiger partial charge in [0.15, 0.2) is 0 Å². The third kappa shape index (κ3) is 2.59. The lowest BCUT2D eigenvalue weighted by atomic mass is 10.1. The van der Waals surface area contributed by atoms with Crippen molar-refractivity contribution < 1.29 is 29.2 Å². The van der Waals surface area contributed by atoms with E-state index in [1.54, 1.807) is 19.1 Å². The predicted octanol–water partition coefficient (Wildman–Crippen LogP) is -0.0808. The van der Waals surface area contributed by atoms with Gasteiger partial charge in [0.1, 0.15) is 29.6 Å². The Hall–Kier alpha value is -1.93. The first kappa shape index (κ1) is 15.0. The summed E-state index contributed by atoms with van der Waals surface area (Å²) in [4.78, 5) is 11.4. The summed E-state index contributed by atoms with van der Waals surface area (Å²) in [6, 6.07) is 6.28. The lowest BCUT2D eigenvalue weighted by Crippen LogP contribution is -2.35.